The average Bonchev–Trinajstić information content (AvgIpc) is 3.14. The molecule has 2 heterocycles. The number of carbonyl (C=O) groups is 2. The highest BCUT2D eigenvalue weighted by molar-refractivity contribution is 6.46. The second-order valence-corrected chi connectivity index (χ2v) is 9.21. The number of carbonyl (C=O) groups excluding carboxylic acids is 2. The second kappa shape index (κ2) is 11.3. The predicted octanol–water partition coefficient (Wildman–Crippen LogP) is 5.34. The summed E-state index contributed by atoms with van der Waals surface area (Å²) in [5.74, 6) is -1.04. The highest BCUT2D eigenvalue weighted by Gasteiger charge is 2.46. The number of pyridine rings is 1. The van der Waals surface area contributed by atoms with Crippen molar-refractivity contribution >= 4 is 23.1 Å². The van der Waals surface area contributed by atoms with Crippen molar-refractivity contribution in [1.82, 2.24) is 9.88 Å². The largest absolute Gasteiger partial charge is 0.507 e. The molecule has 0 saturated carbocycles. The zero-order valence-corrected chi connectivity index (χ0v) is 21.7. The van der Waals surface area contributed by atoms with E-state index < -0.39 is 17.7 Å². The lowest BCUT2D eigenvalue weighted by molar-refractivity contribution is -0.140. The lowest BCUT2D eigenvalue weighted by Gasteiger charge is -2.26. The molecule has 1 fully saturated rings. The van der Waals surface area contributed by atoms with Gasteiger partial charge in [-0.2, -0.15) is 0 Å². The predicted molar refractivity (Wildman–Crippen MR) is 144 cm³/mol. The molecule has 1 amide bonds. The molecule has 1 N–H and O–H groups in total. The van der Waals surface area contributed by atoms with Crippen LogP contribution in [0.1, 0.15) is 50.6 Å². The third-order valence-corrected chi connectivity index (χ3v) is 6.42. The van der Waals surface area contributed by atoms with Gasteiger partial charge in [-0.3, -0.25) is 14.6 Å². The summed E-state index contributed by atoms with van der Waals surface area (Å²) in [4.78, 5) is 34.7. The van der Waals surface area contributed by atoms with Crippen LogP contribution in [0.3, 0.4) is 0 Å². The maximum Gasteiger partial charge on any atom is 0.296 e. The Balaban J connectivity index is 1.82. The van der Waals surface area contributed by atoms with Crippen LogP contribution < -0.4 is 9.64 Å². The van der Waals surface area contributed by atoms with E-state index >= 15 is 0 Å². The van der Waals surface area contributed by atoms with Gasteiger partial charge in [0.05, 0.1) is 30.0 Å². The van der Waals surface area contributed by atoms with Crippen molar-refractivity contribution < 1.29 is 19.4 Å². The number of anilines is 1. The standard InChI is InChI=1S/C30H33N3O4/c1-5-32(6-2)24-15-13-21(14-16-24)27-26(28(34)22-10-9-12-25(18-22)37-20(3)4)29(35)30(36)33(27)19-23-11-7-8-17-31-23/h7-18,20,27,34H,5-6,19H2,1-4H3/b28-26-. The molecular weight excluding hydrogens is 466 g/mol. The van der Waals surface area contributed by atoms with E-state index in [0.29, 0.717) is 17.0 Å². The van der Waals surface area contributed by atoms with Crippen LogP contribution in [0.4, 0.5) is 5.69 Å². The van der Waals surface area contributed by atoms with E-state index in [1.54, 1.807) is 36.5 Å². The Morgan fingerprint density at radius 1 is 1.03 bits per heavy atom. The van der Waals surface area contributed by atoms with Crippen LogP contribution in [-0.4, -0.2) is 45.9 Å². The number of aromatic nitrogens is 1. The molecule has 7 nitrogen and oxygen atoms in total. The number of aliphatic hydroxyl groups excluding tert-OH is 1. The summed E-state index contributed by atoms with van der Waals surface area (Å²) in [6.07, 6.45) is 1.60. The summed E-state index contributed by atoms with van der Waals surface area (Å²) in [6.45, 7) is 9.88. The number of nitrogens with zero attached hydrogens (tertiary/aromatic N) is 3. The maximum atomic E-state index is 13.4. The molecule has 1 aliphatic rings. The highest BCUT2D eigenvalue weighted by atomic mass is 16.5. The van der Waals surface area contributed by atoms with Gasteiger partial charge in [0.1, 0.15) is 11.5 Å². The van der Waals surface area contributed by atoms with Crippen LogP contribution in [0.25, 0.3) is 5.76 Å². The van der Waals surface area contributed by atoms with Gasteiger partial charge in [-0.15, -0.1) is 0 Å². The van der Waals surface area contributed by atoms with E-state index in [1.165, 1.54) is 4.90 Å². The lowest BCUT2D eigenvalue weighted by Crippen LogP contribution is -2.29. The van der Waals surface area contributed by atoms with Gasteiger partial charge in [0, 0.05) is 30.5 Å². The van der Waals surface area contributed by atoms with Crippen LogP contribution in [0, 0.1) is 0 Å². The van der Waals surface area contributed by atoms with E-state index in [2.05, 4.69) is 23.7 Å². The normalized spacial score (nSPS) is 16.9. The van der Waals surface area contributed by atoms with E-state index in [0.717, 1.165) is 24.3 Å². The number of hydrogen-bond acceptors (Lipinski definition) is 6. The SMILES string of the molecule is CCN(CC)c1ccc(C2/C(=C(/O)c3cccc(OC(C)C)c3)C(=O)C(=O)N2Cc2ccccn2)cc1. The molecule has 3 aromatic rings. The number of ketones is 1. The van der Waals surface area contributed by atoms with Gasteiger partial charge in [0.2, 0.25) is 0 Å². The van der Waals surface area contributed by atoms with Crippen molar-refractivity contribution in [2.75, 3.05) is 18.0 Å². The molecule has 1 saturated heterocycles. The van der Waals surface area contributed by atoms with Gasteiger partial charge >= 0.3 is 0 Å². The number of ether oxygens (including phenoxy) is 1. The molecule has 0 bridgehead atoms. The summed E-state index contributed by atoms with van der Waals surface area (Å²) in [7, 11) is 0. The van der Waals surface area contributed by atoms with Crippen LogP contribution in [0.5, 0.6) is 5.75 Å². The number of likely N-dealkylation sites (tertiary alicyclic amines) is 1. The Kier molecular flexibility index (Phi) is 7.92. The van der Waals surface area contributed by atoms with Gasteiger partial charge in [0.25, 0.3) is 11.7 Å². The van der Waals surface area contributed by atoms with Crippen LogP contribution >= 0.6 is 0 Å². The number of rotatable bonds is 9. The number of Topliss-reactive ketones (excluding diaryl/α,β-unsaturated/α-hetero) is 1. The molecule has 0 radical (unpaired) electrons. The summed E-state index contributed by atoms with van der Waals surface area (Å²) < 4.78 is 5.78. The summed E-state index contributed by atoms with van der Waals surface area (Å²) in [5, 5.41) is 11.4. The summed E-state index contributed by atoms with van der Waals surface area (Å²) in [6, 6.07) is 19.4. The third-order valence-electron chi connectivity index (χ3n) is 6.42. The zero-order chi connectivity index (χ0) is 26.5. The fraction of sp³-hybridized carbons (Fsp3) is 0.300. The molecule has 7 heteroatoms. The highest BCUT2D eigenvalue weighted by Crippen LogP contribution is 2.41. The van der Waals surface area contributed by atoms with E-state index in [1.807, 2.05) is 50.2 Å². The van der Waals surface area contributed by atoms with Gasteiger partial charge in [-0.05, 0) is 69.7 Å². The topological polar surface area (TPSA) is 83.0 Å². The minimum Gasteiger partial charge on any atom is -0.507 e. The van der Waals surface area contributed by atoms with Crippen LogP contribution in [0.2, 0.25) is 0 Å². The monoisotopic (exact) mass is 499 g/mol. The minimum absolute atomic E-state index is 0.0503. The van der Waals surface area contributed by atoms with Crippen molar-refractivity contribution in [1.29, 1.82) is 0 Å². The molecular formula is C30H33N3O4. The third kappa shape index (κ3) is 5.50. The Hall–Kier alpha value is -4.13. The van der Waals surface area contributed by atoms with Crippen molar-refractivity contribution in [2.45, 2.75) is 46.4 Å². The Morgan fingerprint density at radius 3 is 2.38 bits per heavy atom. The second-order valence-electron chi connectivity index (χ2n) is 9.21. The Morgan fingerprint density at radius 2 is 1.76 bits per heavy atom. The summed E-state index contributed by atoms with van der Waals surface area (Å²) >= 11 is 0. The molecule has 0 spiro atoms. The van der Waals surface area contributed by atoms with E-state index in [9.17, 15) is 14.7 Å². The quantitative estimate of drug-likeness (QED) is 0.243. The first-order chi connectivity index (χ1) is 17.8. The summed E-state index contributed by atoms with van der Waals surface area (Å²) in [5.41, 5.74) is 2.91. The number of aliphatic hydroxyl groups is 1. The van der Waals surface area contributed by atoms with Crippen molar-refractivity contribution in [3.63, 3.8) is 0 Å². The van der Waals surface area contributed by atoms with Gasteiger partial charge in [-0.25, -0.2) is 0 Å². The molecule has 192 valence electrons. The minimum atomic E-state index is -0.762. The fourth-order valence-electron chi connectivity index (χ4n) is 4.66. The molecule has 1 aliphatic heterocycles. The van der Waals surface area contributed by atoms with Crippen LogP contribution in [-0.2, 0) is 16.1 Å². The van der Waals surface area contributed by atoms with Gasteiger partial charge in [0.15, 0.2) is 0 Å². The van der Waals surface area contributed by atoms with Crippen molar-refractivity contribution in [2.24, 2.45) is 0 Å². The number of amides is 1. The Bertz CT molecular complexity index is 1280. The molecule has 37 heavy (non-hydrogen) atoms. The molecule has 1 unspecified atom stereocenters. The molecule has 1 atom stereocenters. The molecule has 4 rings (SSSR count). The van der Waals surface area contributed by atoms with E-state index in [-0.39, 0.29) is 24.0 Å². The van der Waals surface area contributed by atoms with Crippen LogP contribution in [0.15, 0.2) is 78.5 Å². The first-order valence-electron chi connectivity index (χ1n) is 12.6. The number of hydrogen-bond donors (Lipinski definition) is 1. The first-order valence-corrected chi connectivity index (χ1v) is 12.6. The van der Waals surface area contributed by atoms with Crippen molar-refractivity contribution in [3.8, 4) is 5.75 Å². The zero-order valence-electron chi connectivity index (χ0n) is 21.7. The first kappa shape index (κ1) is 25.9. The van der Waals surface area contributed by atoms with Crippen molar-refractivity contribution in [3.05, 3.63) is 95.3 Å². The Labute approximate surface area is 218 Å². The molecule has 1 aromatic heterocycles. The fourth-order valence-corrected chi connectivity index (χ4v) is 4.66. The van der Waals surface area contributed by atoms with Gasteiger partial charge in [-0.1, -0.05) is 30.3 Å². The lowest BCUT2D eigenvalue weighted by atomic mass is 9.95. The number of benzene rings is 2. The molecule has 2 aromatic carbocycles. The maximum absolute atomic E-state index is 13.4. The van der Waals surface area contributed by atoms with Gasteiger partial charge < -0.3 is 19.6 Å². The van der Waals surface area contributed by atoms with E-state index in [4.69, 9.17) is 4.74 Å². The molecule has 0 aliphatic carbocycles. The average molecular weight is 500 g/mol. The smallest absolute Gasteiger partial charge is 0.296 e.